The van der Waals surface area contributed by atoms with Crippen molar-refractivity contribution in [1.82, 2.24) is 40.0 Å². The molecule has 4 aliphatic heterocycles. The summed E-state index contributed by atoms with van der Waals surface area (Å²) < 4.78 is 0. The van der Waals surface area contributed by atoms with Gasteiger partial charge >= 0.3 is 0 Å². The maximum atomic E-state index is 14.7. The molecule has 14 heteroatoms. The third-order valence-electron chi connectivity index (χ3n) is 16.3. The van der Waals surface area contributed by atoms with Crippen LogP contribution in [0.15, 0.2) is 0 Å². The standard InChI is InChI=1S/C55H100N8O6/c1-15-61(41(8)9)49(65)37-55(13)21-28-59(29-22-55)52(68)46(33-40(6)7)62-30-24-57-45(51(62)67)34-42(10)16-17-43(11)35-47(63-31-23-56-44(50(63)66)32-39(4)5)53(69)60-26-19-54(12,20-27-60)36-48(64)58(14)25-18-38(2)3/h38-47,56-57H,15-37H2,1-14H3/t42?,43?,44-,45-,46-,47-/m0/s1. The van der Waals surface area contributed by atoms with Crippen molar-refractivity contribution in [2.45, 2.75) is 204 Å². The summed E-state index contributed by atoms with van der Waals surface area (Å²) in [5, 5.41) is 6.93. The van der Waals surface area contributed by atoms with Crippen molar-refractivity contribution in [1.29, 1.82) is 0 Å². The average molecular weight is 969 g/mol. The fourth-order valence-electron chi connectivity index (χ4n) is 11.4. The third-order valence-corrected chi connectivity index (χ3v) is 16.3. The second-order valence-corrected chi connectivity index (χ2v) is 24.5. The van der Waals surface area contributed by atoms with Gasteiger partial charge < -0.3 is 40.0 Å². The lowest BCUT2D eigenvalue weighted by molar-refractivity contribution is -0.151. The average Bonchev–Trinajstić information content (AvgIpc) is 3.27. The maximum absolute atomic E-state index is 14.7. The smallest absolute Gasteiger partial charge is 0.245 e. The van der Waals surface area contributed by atoms with E-state index in [2.05, 4.69) is 93.7 Å². The molecule has 14 nitrogen and oxygen atoms in total. The molecular weight excluding hydrogens is 869 g/mol. The second-order valence-electron chi connectivity index (χ2n) is 24.5. The number of rotatable bonds is 24. The molecule has 0 bridgehead atoms. The van der Waals surface area contributed by atoms with Crippen molar-refractivity contribution in [3.05, 3.63) is 0 Å². The highest BCUT2D eigenvalue weighted by Crippen LogP contribution is 2.38. The Hall–Kier alpha value is -3.26. The summed E-state index contributed by atoms with van der Waals surface area (Å²) >= 11 is 0. The molecule has 0 aliphatic carbocycles. The summed E-state index contributed by atoms with van der Waals surface area (Å²) in [6.45, 7) is 33.8. The van der Waals surface area contributed by atoms with E-state index in [-0.39, 0.29) is 82.2 Å². The predicted octanol–water partition coefficient (Wildman–Crippen LogP) is 7.05. The van der Waals surface area contributed by atoms with Crippen LogP contribution in [-0.2, 0) is 28.8 Å². The molecule has 69 heavy (non-hydrogen) atoms. The van der Waals surface area contributed by atoms with Gasteiger partial charge in [-0.2, -0.15) is 0 Å². The molecule has 396 valence electrons. The Balaban J connectivity index is 1.37. The number of nitrogens with zero attached hydrogens (tertiary/aromatic N) is 6. The van der Waals surface area contributed by atoms with Gasteiger partial charge in [-0.15, -0.1) is 0 Å². The molecule has 0 aromatic rings. The lowest BCUT2D eigenvalue weighted by Gasteiger charge is -2.44. The number of hydrogen-bond acceptors (Lipinski definition) is 8. The minimum absolute atomic E-state index is 0.0000821. The van der Waals surface area contributed by atoms with Crippen LogP contribution in [-0.4, -0.2) is 168 Å². The first kappa shape index (κ1) is 58.3. The lowest BCUT2D eigenvalue weighted by Crippen LogP contribution is -2.62. The zero-order chi connectivity index (χ0) is 51.4. The number of likely N-dealkylation sites (tertiary alicyclic amines) is 2. The van der Waals surface area contributed by atoms with Gasteiger partial charge in [-0.25, -0.2) is 0 Å². The van der Waals surface area contributed by atoms with Crippen LogP contribution in [0.3, 0.4) is 0 Å². The number of carbonyl (C=O) groups is 6. The van der Waals surface area contributed by atoms with Gasteiger partial charge in [0.15, 0.2) is 0 Å². The summed E-state index contributed by atoms with van der Waals surface area (Å²) in [4.78, 5) is 95.5. The fourth-order valence-corrected chi connectivity index (χ4v) is 11.4. The highest BCUT2D eigenvalue weighted by Gasteiger charge is 2.44. The molecule has 6 atom stereocenters. The van der Waals surface area contributed by atoms with E-state index < -0.39 is 12.1 Å². The van der Waals surface area contributed by atoms with Gasteiger partial charge in [-0.1, -0.05) is 82.1 Å². The van der Waals surface area contributed by atoms with Crippen molar-refractivity contribution in [2.24, 2.45) is 40.4 Å². The molecule has 2 unspecified atom stereocenters. The zero-order valence-electron chi connectivity index (χ0n) is 46.2. The van der Waals surface area contributed by atoms with E-state index in [1.807, 2.05) is 43.4 Å². The van der Waals surface area contributed by atoms with Gasteiger partial charge in [0, 0.05) is 91.4 Å². The first-order chi connectivity index (χ1) is 32.4. The van der Waals surface area contributed by atoms with Gasteiger partial charge in [0.2, 0.25) is 35.4 Å². The minimum atomic E-state index is -0.550. The van der Waals surface area contributed by atoms with Gasteiger partial charge in [0.05, 0.1) is 12.1 Å². The van der Waals surface area contributed by atoms with Crippen LogP contribution >= 0.6 is 0 Å². The van der Waals surface area contributed by atoms with Gasteiger partial charge in [0.1, 0.15) is 12.1 Å². The second kappa shape index (κ2) is 26.4. The Bertz CT molecular complexity index is 1690. The summed E-state index contributed by atoms with van der Waals surface area (Å²) in [5.74, 6) is 1.90. The van der Waals surface area contributed by atoms with Crippen LogP contribution in [0.2, 0.25) is 0 Å². The van der Waals surface area contributed by atoms with Gasteiger partial charge in [0.25, 0.3) is 0 Å². The molecule has 0 aromatic heterocycles. The van der Waals surface area contributed by atoms with Crippen LogP contribution in [0.4, 0.5) is 0 Å². The predicted molar refractivity (Wildman–Crippen MR) is 277 cm³/mol. The Morgan fingerprint density at radius 2 is 1.04 bits per heavy atom. The molecule has 4 saturated heterocycles. The molecule has 0 saturated carbocycles. The lowest BCUT2D eigenvalue weighted by atomic mass is 9.77. The zero-order valence-corrected chi connectivity index (χ0v) is 46.2. The highest BCUT2D eigenvalue weighted by atomic mass is 16.2. The minimum Gasteiger partial charge on any atom is -0.346 e. The number of carbonyl (C=O) groups excluding carboxylic acids is 6. The number of piperidine rings is 2. The quantitative estimate of drug-likeness (QED) is 0.105. The van der Waals surface area contributed by atoms with Gasteiger partial charge in [-0.3, -0.25) is 28.8 Å². The molecular formula is C55H100N8O6. The molecule has 4 heterocycles. The fraction of sp³-hybridized carbons (Fsp3) is 0.891. The Labute approximate surface area is 419 Å². The maximum Gasteiger partial charge on any atom is 0.245 e. The van der Waals surface area contributed by atoms with Crippen molar-refractivity contribution in [3.63, 3.8) is 0 Å². The summed E-state index contributed by atoms with van der Waals surface area (Å²) in [6.07, 6.45) is 9.27. The highest BCUT2D eigenvalue weighted by molar-refractivity contribution is 5.91. The number of amides is 6. The van der Waals surface area contributed by atoms with Crippen LogP contribution in [0.25, 0.3) is 0 Å². The van der Waals surface area contributed by atoms with E-state index in [0.717, 1.165) is 57.9 Å². The Morgan fingerprint density at radius 1 is 0.594 bits per heavy atom. The van der Waals surface area contributed by atoms with Crippen LogP contribution in [0.1, 0.15) is 173 Å². The van der Waals surface area contributed by atoms with Crippen molar-refractivity contribution < 1.29 is 28.8 Å². The number of hydrogen-bond donors (Lipinski definition) is 2. The molecule has 0 spiro atoms. The van der Waals surface area contributed by atoms with E-state index in [9.17, 15) is 28.8 Å². The van der Waals surface area contributed by atoms with Crippen LogP contribution < -0.4 is 10.6 Å². The number of nitrogens with one attached hydrogen (secondary N) is 2. The first-order valence-corrected chi connectivity index (χ1v) is 27.6. The Kier molecular flexibility index (Phi) is 22.3. The van der Waals surface area contributed by atoms with Crippen molar-refractivity contribution >= 4 is 35.4 Å². The third kappa shape index (κ3) is 16.9. The normalized spacial score (nSPS) is 22.9. The molecule has 2 N–H and O–H groups in total. The molecule has 0 aromatic carbocycles. The summed E-state index contributed by atoms with van der Waals surface area (Å²) in [7, 11) is 1.90. The summed E-state index contributed by atoms with van der Waals surface area (Å²) in [6, 6.07) is -1.59. The number of piperazine rings is 2. The van der Waals surface area contributed by atoms with Gasteiger partial charge in [-0.05, 0) is 119 Å². The van der Waals surface area contributed by atoms with E-state index in [4.69, 9.17) is 0 Å². The van der Waals surface area contributed by atoms with E-state index >= 15 is 0 Å². The monoisotopic (exact) mass is 969 g/mol. The van der Waals surface area contributed by atoms with Crippen molar-refractivity contribution in [3.8, 4) is 0 Å². The van der Waals surface area contributed by atoms with E-state index in [1.54, 1.807) is 0 Å². The Morgan fingerprint density at radius 3 is 1.48 bits per heavy atom. The largest absolute Gasteiger partial charge is 0.346 e. The van der Waals surface area contributed by atoms with E-state index in [0.29, 0.717) is 103 Å². The molecule has 4 fully saturated rings. The SMILES string of the molecule is CCN(C(=O)CC1(C)CCN(C(=O)[C@H](CC(C)C)N2CCN[C@@H](CC(C)CCC(C)C[C@@H](C(=O)N3CCC(C)(CC(=O)N(C)CCC(C)C)CC3)N3CCN[C@@H](CC(C)C)C3=O)C2=O)CC1)C(C)C. The molecule has 4 rings (SSSR count). The topological polar surface area (TPSA) is 146 Å². The summed E-state index contributed by atoms with van der Waals surface area (Å²) in [5.41, 5.74) is -0.335. The van der Waals surface area contributed by atoms with E-state index in [1.165, 1.54) is 0 Å². The molecule has 0 radical (unpaired) electrons. The first-order valence-electron chi connectivity index (χ1n) is 27.6. The van der Waals surface area contributed by atoms with Crippen LogP contribution in [0, 0.1) is 40.4 Å². The molecule has 4 aliphatic rings. The molecule has 6 amide bonds. The van der Waals surface area contributed by atoms with Crippen LogP contribution in [0.5, 0.6) is 0 Å². The van der Waals surface area contributed by atoms with Crippen molar-refractivity contribution in [2.75, 3.05) is 72.5 Å².